The molecule has 4 heterocycles. The molecule has 3 N–H and O–H groups in total. The smallest absolute Gasteiger partial charge is 0.270 e. The first-order valence-electron chi connectivity index (χ1n) is 9.45. The molecule has 9 heteroatoms. The highest BCUT2D eigenvalue weighted by Gasteiger charge is 2.21. The van der Waals surface area contributed by atoms with Gasteiger partial charge in [0.25, 0.3) is 5.91 Å². The van der Waals surface area contributed by atoms with Crippen LogP contribution in [0.5, 0.6) is 0 Å². The predicted octanol–water partition coefficient (Wildman–Crippen LogP) is -0.169. The number of aliphatic hydroxyl groups excluding tert-OH is 1. The summed E-state index contributed by atoms with van der Waals surface area (Å²) in [5.41, 5.74) is 2.59. The van der Waals surface area contributed by atoms with Crippen molar-refractivity contribution >= 4 is 11.7 Å². The number of carbonyl (C=O) groups excluding carboxylic acids is 1. The maximum absolute atomic E-state index is 12.3. The van der Waals surface area contributed by atoms with Gasteiger partial charge >= 0.3 is 0 Å². The van der Waals surface area contributed by atoms with E-state index in [0.29, 0.717) is 25.6 Å². The zero-order valence-electron chi connectivity index (χ0n) is 15.5. The minimum atomic E-state index is -0.659. The minimum absolute atomic E-state index is 0.165. The van der Waals surface area contributed by atoms with Crippen LogP contribution in [0.1, 0.15) is 21.7 Å². The Bertz CT molecular complexity index is 829. The lowest BCUT2D eigenvalue weighted by Crippen LogP contribution is -2.42. The molecule has 9 nitrogen and oxygen atoms in total. The third-order valence-corrected chi connectivity index (χ3v) is 4.90. The Morgan fingerprint density at radius 2 is 2.25 bits per heavy atom. The fourth-order valence-corrected chi connectivity index (χ4v) is 3.33. The molecule has 1 atom stereocenters. The van der Waals surface area contributed by atoms with E-state index in [1.807, 2.05) is 12.3 Å². The normalized spacial score (nSPS) is 18.0. The first-order valence-corrected chi connectivity index (χ1v) is 9.45. The maximum atomic E-state index is 12.3. The highest BCUT2D eigenvalue weighted by atomic mass is 16.5. The SMILES string of the molecule is O=C(NC[C@H](O)CN1CCc2ncccc2C1)c1cc(NC2COC2)ncn1. The zero-order chi connectivity index (χ0) is 19.3. The number of anilines is 1. The van der Waals surface area contributed by atoms with Gasteiger partial charge in [-0.1, -0.05) is 6.07 Å². The van der Waals surface area contributed by atoms with Crippen molar-refractivity contribution in [2.45, 2.75) is 25.1 Å². The molecule has 0 aromatic carbocycles. The number of rotatable bonds is 7. The van der Waals surface area contributed by atoms with E-state index in [4.69, 9.17) is 4.74 Å². The van der Waals surface area contributed by atoms with E-state index < -0.39 is 6.10 Å². The van der Waals surface area contributed by atoms with Crippen molar-refractivity contribution in [2.75, 3.05) is 38.2 Å². The fourth-order valence-electron chi connectivity index (χ4n) is 3.33. The molecule has 1 saturated heterocycles. The fraction of sp³-hybridized carbons (Fsp3) is 0.474. The maximum Gasteiger partial charge on any atom is 0.270 e. The van der Waals surface area contributed by atoms with Crippen LogP contribution in [0.25, 0.3) is 0 Å². The van der Waals surface area contributed by atoms with Crippen LogP contribution >= 0.6 is 0 Å². The molecule has 2 aliphatic heterocycles. The summed E-state index contributed by atoms with van der Waals surface area (Å²) >= 11 is 0. The summed E-state index contributed by atoms with van der Waals surface area (Å²) in [6.45, 7) is 3.54. The van der Waals surface area contributed by atoms with Crippen LogP contribution in [0.15, 0.2) is 30.7 Å². The van der Waals surface area contributed by atoms with Crippen LogP contribution in [0.3, 0.4) is 0 Å². The van der Waals surface area contributed by atoms with Gasteiger partial charge in [0, 0.05) is 50.6 Å². The van der Waals surface area contributed by atoms with Gasteiger partial charge in [0.05, 0.1) is 25.4 Å². The number of pyridine rings is 1. The van der Waals surface area contributed by atoms with Crippen molar-refractivity contribution in [3.05, 3.63) is 47.7 Å². The second-order valence-corrected chi connectivity index (χ2v) is 7.13. The Morgan fingerprint density at radius 1 is 1.36 bits per heavy atom. The number of ether oxygens (including phenoxy) is 1. The van der Waals surface area contributed by atoms with Crippen molar-refractivity contribution in [2.24, 2.45) is 0 Å². The standard InChI is InChI=1S/C19H24N6O3/c26-15(9-25-5-3-16-13(8-25)2-1-4-20-16)7-21-19(27)17-6-18(23-12-22-17)24-14-10-28-11-14/h1-2,4,6,12,14-15,26H,3,5,7-11H2,(H,21,27)(H,22,23,24)/t15-/m0/s1. The van der Waals surface area contributed by atoms with Crippen LogP contribution < -0.4 is 10.6 Å². The first kappa shape index (κ1) is 18.7. The van der Waals surface area contributed by atoms with Crippen LogP contribution in [0.4, 0.5) is 5.82 Å². The van der Waals surface area contributed by atoms with Gasteiger partial charge < -0.3 is 20.5 Å². The molecule has 0 unspecified atom stereocenters. The van der Waals surface area contributed by atoms with E-state index in [9.17, 15) is 9.90 Å². The average molecular weight is 384 g/mol. The molecule has 0 radical (unpaired) electrons. The summed E-state index contributed by atoms with van der Waals surface area (Å²) in [6, 6.07) is 5.83. The summed E-state index contributed by atoms with van der Waals surface area (Å²) in [5.74, 6) is 0.261. The topological polar surface area (TPSA) is 113 Å². The molecule has 28 heavy (non-hydrogen) atoms. The molecule has 2 aromatic heterocycles. The van der Waals surface area contributed by atoms with Gasteiger partial charge in [0.1, 0.15) is 17.8 Å². The van der Waals surface area contributed by atoms with E-state index >= 15 is 0 Å². The second kappa shape index (κ2) is 8.59. The molecule has 1 fully saturated rings. The number of nitrogens with zero attached hydrogens (tertiary/aromatic N) is 4. The molecule has 2 aromatic rings. The Hall–Kier alpha value is -2.62. The monoisotopic (exact) mass is 384 g/mol. The highest BCUT2D eigenvalue weighted by molar-refractivity contribution is 5.92. The van der Waals surface area contributed by atoms with Crippen molar-refractivity contribution in [1.29, 1.82) is 0 Å². The summed E-state index contributed by atoms with van der Waals surface area (Å²) in [4.78, 5) is 27.0. The first-order chi connectivity index (χ1) is 13.7. The van der Waals surface area contributed by atoms with Gasteiger partial charge in [-0.2, -0.15) is 0 Å². The summed E-state index contributed by atoms with van der Waals surface area (Å²) in [5, 5.41) is 16.3. The van der Waals surface area contributed by atoms with E-state index in [2.05, 4.69) is 36.6 Å². The largest absolute Gasteiger partial charge is 0.390 e. The molecule has 4 rings (SSSR count). The molecule has 0 spiro atoms. The summed E-state index contributed by atoms with van der Waals surface area (Å²) < 4.78 is 5.11. The molecule has 0 aliphatic carbocycles. The van der Waals surface area contributed by atoms with E-state index in [-0.39, 0.29) is 24.2 Å². The van der Waals surface area contributed by atoms with E-state index in [1.165, 1.54) is 11.9 Å². The van der Waals surface area contributed by atoms with Crippen LogP contribution in [0.2, 0.25) is 0 Å². The molecule has 0 saturated carbocycles. The Kier molecular flexibility index (Phi) is 5.75. The highest BCUT2D eigenvalue weighted by Crippen LogP contribution is 2.16. The van der Waals surface area contributed by atoms with Gasteiger partial charge in [-0.15, -0.1) is 0 Å². The third-order valence-electron chi connectivity index (χ3n) is 4.90. The van der Waals surface area contributed by atoms with Gasteiger partial charge in [0.15, 0.2) is 0 Å². The average Bonchev–Trinajstić information content (AvgIpc) is 2.69. The predicted molar refractivity (Wildman–Crippen MR) is 102 cm³/mol. The molecular formula is C19H24N6O3. The zero-order valence-corrected chi connectivity index (χ0v) is 15.5. The van der Waals surface area contributed by atoms with E-state index in [1.54, 1.807) is 6.07 Å². The summed E-state index contributed by atoms with van der Waals surface area (Å²) in [7, 11) is 0. The Balaban J connectivity index is 1.25. The number of hydrogen-bond acceptors (Lipinski definition) is 8. The van der Waals surface area contributed by atoms with E-state index in [0.717, 1.165) is 25.2 Å². The van der Waals surface area contributed by atoms with Gasteiger partial charge in [0.2, 0.25) is 0 Å². The number of carbonyl (C=O) groups is 1. The van der Waals surface area contributed by atoms with Crippen LogP contribution in [0, 0.1) is 0 Å². The van der Waals surface area contributed by atoms with Gasteiger partial charge in [-0.3, -0.25) is 14.7 Å². The number of aliphatic hydroxyl groups is 1. The second-order valence-electron chi connectivity index (χ2n) is 7.13. The molecule has 1 amide bonds. The van der Waals surface area contributed by atoms with Gasteiger partial charge in [-0.05, 0) is 11.6 Å². The van der Waals surface area contributed by atoms with Crippen molar-refractivity contribution in [3.63, 3.8) is 0 Å². The Morgan fingerprint density at radius 3 is 3.07 bits per heavy atom. The number of aromatic nitrogens is 3. The number of β-amino-alcohol motifs (C(OH)–C–C–N with tert-alkyl or cyclic N) is 1. The third kappa shape index (κ3) is 4.61. The van der Waals surface area contributed by atoms with Gasteiger partial charge in [-0.25, -0.2) is 9.97 Å². The number of hydrogen-bond donors (Lipinski definition) is 3. The van der Waals surface area contributed by atoms with Crippen molar-refractivity contribution in [1.82, 2.24) is 25.2 Å². The Labute approximate surface area is 163 Å². The van der Waals surface area contributed by atoms with Crippen molar-refractivity contribution in [3.8, 4) is 0 Å². The van der Waals surface area contributed by atoms with Crippen LogP contribution in [-0.4, -0.2) is 75.9 Å². The van der Waals surface area contributed by atoms with Crippen LogP contribution in [-0.2, 0) is 17.7 Å². The lowest BCUT2D eigenvalue weighted by Gasteiger charge is -2.29. The lowest BCUT2D eigenvalue weighted by atomic mass is 10.1. The number of nitrogens with one attached hydrogen (secondary N) is 2. The number of fused-ring (bicyclic) bond motifs is 1. The molecule has 148 valence electrons. The summed E-state index contributed by atoms with van der Waals surface area (Å²) in [6.07, 6.45) is 3.38. The quantitative estimate of drug-likeness (QED) is 0.603. The number of amides is 1. The molecule has 0 bridgehead atoms. The molecular weight excluding hydrogens is 360 g/mol. The lowest BCUT2D eigenvalue weighted by molar-refractivity contribution is 0.0209. The minimum Gasteiger partial charge on any atom is -0.390 e. The van der Waals surface area contributed by atoms with Crippen molar-refractivity contribution < 1.29 is 14.6 Å². The molecule has 2 aliphatic rings.